The topological polar surface area (TPSA) is 98.5 Å². The average Bonchev–Trinajstić information content (AvgIpc) is 2.22. The van der Waals surface area contributed by atoms with Crippen LogP contribution in [0.1, 0.15) is 12.8 Å². The Morgan fingerprint density at radius 1 is 1.50 bits per heavy atom. The van der Waals surface area contributed by atoms with Gasteiger partial charge >= 0.3 is 5.97 Å². The number of hydrogen-bond acceptors (Lipinski definition) is 4. The Hall–Kier alpha value is -1.42. The molecule has 0 heterocycles. The minimum atomic E-state index is -1.45. The van der Waals surface area contributed by atoms with Crippen LogP contribution in [-0.4, -0.2) is 51.2 Å². The third-order valence-electron chi connectivity index (χ3n) is 1.81. The molecule has 1 atom stereocenters. The summed E-state index contributed by atoms with van der Waals surface area (Å²) in [5.41, 5.74) is 0. The Morgan fingerprint density at radius 3 is 2.62 bits per heavy atom. The lowest BCUT2D eigenvalue weighted by molar-refractivity contribution is -0.136. The number of carboxylic acid groups (broad SMARTS) is 1. The van der Waals surface area contributed by atoms with Gasteiger partial charge in [-0.3, -0.25) is 13.8 Å². The van der Waals surface area contributed by atoms with Gasteiger partial charge < -0.3 is 10.0 Å². The van der Waals surface area contributed by atoms with Crippen LogP contribution in [0.5, 0.6) is 0 Å². The zero-order valence-electron chi connectivity index (χ0n) is 9.01. The van der Waals surface area contributed by atoms with E-state index < -0.39 is 16.8 Å². The van der Waals surface area contributed by atoms with E-state index in [1.54, 1.807) is 0 Å². The van der Waals surface area contributed by atoms with E-state index in [1.165, 1.54) is 11.9 Å². The maximum atomic E-state index is 11.4. The second kappa shape index (κ2) is 7.82. The molecule has 0 aliphatic heterocycles. The first kappa shape index (κ1) is 14.6. The SMILES string of the molecule is CN(CCC#N)C(=O)CS(=O)CCC(=O)O. The normalized spacial score (nSPS) is 11.5. The van der Waals surface area contributed by atoms with Gasteiger partial charge in [0.05, 0.1) is 18.9 Å². The van der Waals surface area contributed by atoms with Crippen LogP contribution in [0.2, 0.25) is 0 Å². The molecule has 0 fully saturated rings. The van der Waals surface area contributed by atoms with Crippen molar-refractivity contribution in [3.8, 4) is 6.07 Å². The summed E-state index contributed by atoms with van der Waals surface area (Å²) in [5, 5.41) is 16.7. The van der Waals surface area contributed by atoms with Crippen LogP contribution in [0, 0.1) is 11.3 Å². The molecule has 0 aromatic rings. The van der Waals surface area contributed by atoms with Gasteiger partial charge in [-0.05, 0) is 0 Å². The van der Waals surface area contributed by atoms with Crippen molar-refractivity contribution in [2.24, 2.45) is 0 Å². The minimum Gasteiger partial charge on any atom is -0.481 e. The third-order valence-corrected chi connectivity index (χ3v) is 3.04. The van der Waals surface area contributed by atoms with Gasteiger partial charge in [-0.1, -0.05) is 0 Å². The zero-order valence-corrected chi connectivity index (χ0v) is 9.83. The molecule has 0 bridgehead atoms. The molecule has 16 heavy (non-hydrogen) atoms. The highest BCUT2D eigenvalue weighted by molar-refractivity contribution is 7.85. The zero-order chi connectivity index (χ0) is 12.6. The van der Waals surface area contributed by atoms with E-state index in [1.807, 2.05) is 6.07 Å². The first-order valence-electron chi connectivity index (χ1n) is 4.65. The third kappa shape index (κ3) is 6.95. The number of carboxylic acids is 1. The molecule has 1 unspecified atom stereocenters. The number of nitrogens with zero attached hydrogens (tertiary/aromatic N) is 2. The van der Waals surface area contributed by atoms with E-state index >= 15 is 0 Å². The van der Waals surface area contributed by atoms with E-state index in [-0.39, 0.29) is 30.3 Å². The summed E-state index contributed by atoms with van der Waals surface area (Å²) in [4.78, 5) is 22.9. The highest BCUT2D eigenvalue weighted by Gasteiger charge is 2.13. The van der Waals surface area contributed by atoms with Crippen LogP contribution in [-0.2, 0) is 20.4 Å². The molecular formula is C9H14N2O4S. The molecule has 0 rings (SSSR count). The van der Waals surface area contributed by atoms with Gasteiger partial charge in [0.15, 0.2) is 0 Å². The average molecular weight is 246 g/mol. The van der Waals surface area contributed by atoms with Crippen LogP contribution in [0.15, 0.2) is 0 Å². The Balaban J connectivity index is 3.90. The second-order valence-corrected chi connectivity index (χ2v) is 4.73. The van der Waals surface area contributed by atoms with E-state index in [9.17, 15) is 13.8 Å². The van der Waals surface area contributed by atoms with E-state index in [0.29, 0.717) is 6.54 Å². The lowest BCUT2D eigenvalue weighted by atomic mass is 10.4. The van der Waals surface area contributed by atoms with Crippen LogP contribution in [0.3, 0.4) is 0 Å². The van der Waals surface area contributed by atoms with Crippen molar-refractivity contribution >= 4 is 22.7 Å². The molecule has 90 valence electrons. The van der Waals surface area contributed by atoms with Crippen molar-refractivity contribution in [2.75, 3.05) is 25.1 Å². The fourth-order valence-corrected chi connectivity index (χ4v) is 1.91. The van der Waals surface area contributed by atoms with Gasteiger partial charge in [-0.25, -0.2) is 0 Å². The van der Waals surface area contributed by atoms with Crippen LogP contribution in [0.4, 0.5) is 0 Å². The number of carbonyl (C=O) groups excluding carboxylic acids is 1. The molecular weight excluding hydrogens is 232 g/mol. The molecule has 6 nitrogen and oxygen atoms in total. The number of nitriles is 1. The Bertz CT molecular complexity index is 324. The van der Waals surface area contributed by atoms with Crippen molar-refractivity contribution in [3.63, 3.8) is 0 Å². The molecule has 0 aromatic carbocycles. The fraction of sp³-hybridized carbons (Fsp3) is 0.667. The predicted molar refractivity (Wildman–Crippen MR) is 58.0 cm³/mol. The summed E-state index contributed by atoms with van der Waals surface area (Å²) in [5.74, 6) is -1.57. The van der Waals surface area contributed by atoms with Crippen molar-refractivity contribution in [2.45, 2.75) is 12.8 Å². The maximum Gasteiger partial charge on any atom is 0.304 e. The summed E-state index contributed by atoms with van der Waals surface area (Å²) >= 11 is 0. The Morgan fingerprint density at radius 2 is 2.12 bits per heavy atom. The standard InChI is InChI=1S/C9H14N2O4S/c1-11(5-2-4-10)8(12)7-16(15)6-3-9(13)14/h2-3,5-7H2,1H3,(H,13,14). The molecule has 7 heteroatoms. The first-order valence-corrected chi connectivity index (χ1v) is 6.14. The Kier molecular flexibility index (Phi) is 7.12. The van der Waals surface area contributed by atoms with Crippen molar-refractivity contribution < 1.29 is 18.9 Å². The largest absolute Gasteiger partial charge is 0.481 e. The van der Waals surface area contributed by atoms with E-state index in [4.69, 9.17) is 10.4 Å². The van der Waals surface area contributed by atoms with Gasteiger partial charge in [0.2, 0.25) is 5.91 Å². The number of carbonyl (C=O) groups is 2. The van der Waals surface area contributed by atoms with Gasteiger partial charge in [0.25, 0.3) is 0 Å². The molecule has 1 N–H and O–H groups in total. The highest BCUT2D eigenvalue weighted by atomic mass is 32.2. The summed E-state index contributed by atoms with van der Waals surface area (Å²) in [7, 11) is 0.0701. The van der Waals surface area contributed by atoms with Crippen molar-refractivity contribution in [1.29, 1.82) is 5.26 Å². The maximum absolute atomic E-state index is 11.4. The van der Waals surface area contributed by atoms with Gasteiger partial charge in [-0.15, -0.1) is 0 Å². The summed E-state index contributed by atoms with van der Waals surface area (Å²) < 4.78 is 11.3. The fourth-order valence-electron chi connectivity index (χ4n) is 0.864. The molecule has 0 saturated heterocycles. The lowest BCUT2D eigenvalue weighted by Crippen LogP contribution is -2.32. The van der Waals surface area contributed by atoms with Gasteiger partial charge in [0.1, 0.15) is 5.75 Å². The predicted octanol–water partition coefficient (Wildman–Crippen LogP) is -0.418. The summed E-state index contributed by atoms with van der Waals surface area (Å²) in [6, 6.07) is 1.90. The number of rotatable bonds is 7. The van der Waals surface area contributed by atoms with E-state index in [0.717, 1.165) is 0 Å². The number of hydrogen-bond donors (Lipinski definition) is 1. The second-order valence-electron chi connectivity index (χ2n) is 3.16. The molecule has 0 saturated carbocycles. The first-order chi connectivity index (χ1) is 7.47. The molecule has 0 aliphatic carbocycles. The molecule has 0 radical (unpaired) electrons. The monoisotopic (exact) mass is 246 g/mol. The van der Waals surface area contributed by atoms with Gasteiger partial charge in [0, 0.05) is 30.1 Å². The summed E-state index contributed by atoms with van der Waals surface area (Å²) in [6.07, 6.45) is 0.0196. The molecule has 1 amide bonds. The molecule has 0 aliphatic rings. The minimum absolute atomic E-state index is 0.0207. The molecule has 0 aromatic heterocycles. The number of aliphatic carboxylic acids is 1. The summed E-state index contributed by atoms with van der Waals surface area (Å²) in [6.45, 7) is 0.297. The van der Waals surface area contributed by atoms with Crippen molar-refractivity contribution in [1.82, 2.24) is 4.90 Å². The smallest absolute Gasteiger partial charge is 0.304 e. The van der Waals surface area contributed by atoms with Crippen LogP contribution in [0.25, 0.3) is 0 Å². The molecule has 0 spiro atoms. The Labute approximate surface area is 96.3 Å². The van der Waals surface area contributed by atoms with E-state index in [2.05, 4.69) is 0 Å². The highest BCUT2D eigenvalue weighted by Crippen LogP contribution is 1.94. The number of amides is 1. The lowest BCUT2D eigenvalue weighted by Gasteiger charge is -2.14. The van der Waals surface area contributed by atoms with Crippen LogP contribution < -0.4 is 0 Å². The quantitative estimate of drug-likeness (QED) is 0.658. The van der Waals surface area contributed by atoms with Gasteiger partial charge in [-0.2, -0.15) is 5.26 Å². The van der Waals surface area contributed by atoms with Crippen LogP contribution >= 0.6 is 0 Å². The van der Waals surface area contributed by atoms with Crippen molar-refractivity contribution in [3.05, 3.63) is 0 Å².